The van der Waals surface area contributed by atoms with E-state index in [1.54, 1.807) is 7.05 Å². The lowest BCUT2D eigenvalue weighted by Gasteiger charge is -2.39. The normalized spacial score (nSPS) is 16.8. The lowest BCUT2D eigenvalue weighted by Crippen LogP contribution is -2.42. The Bertz CT molecular complexity index is 405. The quantitative estimate of drug-likeness (QED) is 0.806. The lowest BCUT2D eigenvalue weighted by atomic mass is 9.79. The highest BCUT2D eigenvalue weighted by Gasteiger charge is 2.32. The van der Waals surface area contributed by atoms with E-state index in [9.17, 15) is 0 Å². The molecule has 2 rings (SSSR count). The van der Waals surface area contributed by atoms with Crippen LogP contribution in [0.15, 0.2) is 0 Å². The second-order valence-corrected chi connectivity index (χ2v) is 4.90. The van der Waals surface area contributed by atoms with Gasteiger partial charge in [-0.25, -0.2) is 0 Å². The van der Waals surface area contributed by atoms with E-state index in [0.29, 0.717) is 24.5 Å². The minimum atomic E-state index is 0.119. The second kappa shape index (κ2) is 5.37. The minimum absolute atomic E-state index is 0.119. The van der Waals surface area contributed by atoms with Crippen LogP contribution in [0.4, 0.5) is 11.9 Å². The molecule has 1 aromatic heterocycles. The van der Waals surface area contributed by atoms with Gasteiger partial charge in [0.25, 0.3) is 0 Å². The Balaban J connectivity index is 2.12. The van der Waals surface area contributed by atoms with Gasteiger partial charge in [0.15, 0.2) is 0 Å². The van der Waals surface area contributed by atoms with Crippen molar-refractivity contribution in [1.82, 2.24) is 15.0 Å². The molecule has 0 atom stereocenters. The summed E-state index contributed by atoms with van der Waals surface area (Å²) in [5.74, 6) is 1.11. The van der Waals surface area contributed by atoms with Gasteiger partial charge < -0.3 is 15.4 Å². The smallest absolute Gasteiger partial charge is 0.323 e. The van der Waals surface area contributed by atoms with Crippen molar-refractivity contribution >= 4 is 11.9 Å². The molecule has 0 aliphatic heterocycles. The summed E-state index contributed by atoms with van der Waals surface area (Å²) in [4.78, 5) is 12.8. The van der Waals surface area contributed by atoms with Gasteiger partial charge in [0.1, 0.15) is 0 Å². The van der Waals surface area contributed by atoms with Crippen LogP contribution in [0.1, 0.15) is 39.5 Å². The average molecular weight is 251 g/mol. The summed E-state index contributed by atoms with van der Waals surface area (Å²) < 4.78 is 5.46. The van der Waals surface area contributed by atoms with E-state index in [2.05, 4.69) is 39.4 Å². The van der Waals surface area contributed by atoms with Crippen LogP contribution < -0.4 is 15.4 Å². The Labute approximate surface area is 108 Å². The molecule has 2 N–H and O–H groups in total. The van der Waals surface area contributed by atoms with Gasteiger partial charge in [-0.15, -0.1) is 0 Å². The van der Waals surface area contributed by atoms with Crippen LogP contribution in [-0.4, -0.2) is 34.1 Å². The Morgan fingerprint density at radius 2 is 1.94 bits per heavy atom. The number of ether oxygens (including phenoxy) is 1. The summed E-state index contributed by atoms with van der Waals surface area (Å²) >= 11 is 0. The third-order valence-electron chi connectivity index (χ3n) is 3.14. The zero-order valence-corrected chi connectivity index (χ0v) is 11.3. The topological polar surface area (TPSA) is 72.0 Å². The molecule has 18 heavy (non-hydrogen) atoms. The SMILES string of the molecule is CCCOc1nc(NC)nc(NC2(C)CCC2)n1. The van der Waals surface area contributed by atoms with Crippen LogP contribution in [-0.2, 0) is 0 Å². The fourth-order valence-electron chi connectivity index (χ4n) is 1.88. The van der Waals surface area contributed by atoms with Gasteiger partial charge in [0.05, 0.1) is 6.61 Å². The van der Waals surface area contributed by atoms with Crippen molar-refractivity contribution in [1.29, 1.82) is 0 Å². The van der Waals surface area contributed by atoms with Gasteiger partial charge in [-0.2, -0.15) is 15.0 Å². The number of rotatable bonds is 6. The zero-order valence-electron chi connectivity index (χ0n) is 11.3. The monoisotopic (exact) mass is 251 g/mol. The van der Waals surface area contributed by atoms with Crippen molar-refractivity contribution in [2.45, 2.75) is 45.1 Å². The first-order valence-corrected chi connectivity index (χ1v) is 6.50. The molecule has 100 valence electrons. The Hall–Kier alpha value is -1.59. The van der Waals surface area contributed by atoms with Crippen molar-refractivity contribution in [2.75, 3.05) is 24.3 Å². The highest BCUT2D eigenvalue weighted by atomic mass is 16.5. The molecule has 1 aromatic rings. The van der Waals surface area contributed by atoms with E-state index >= 15 is 0 Å². The maximum Gasteiger partial charge on any atom is 0.323 e. The Morgan fingerprint density at radius 3 is 2.50 bits per heavy atom. The summed E-state index contributed by atoms with van der Waals surface area (Å²) in [7, 11) is 1.79. The number of aromatic nitrogens is 3. The average Bonchev–Trinajstić information content (AvgIpc) is 2.34. The molecule has 0 spiro atoms. The number of anilines is 2. The van der Waals surface area contributed by atoms with Crippen LogP contribution in [0.5, 0.6) is 6.01 Å². The molecule has 0 bridgehead atoms. The summed E-state index contributed by atoms with van der Waals surface area (Å²) in [6, 6.07) is 0.377. The van der Waals surface area contributed by atoms with Crippen molar-refractivity contribution in [2.24, 2.45) is 0 Å². The molecular weight excluding hydrogens is 230 g/mol. The summed E-state index contributed by atoms with van der Waals surface area (Å²) in [6.45, 7) is 4.85. The van der Waals surface area contributed by atoms with Crippen molar-refractivity contribution in [3.05, 3.63) is 0 Å². The number of hydrogen-bond donors (Lipinski definition) is 2. The zero-order chi connectivity index (χ0) is 13.0. The largest absolute Gasteiger partial charge is 0.463 e. The molecule has 1 fully saturated rings. The van der Waals surface area contributed by atoms with Gasteiger partial charge in [-0.1, -0.05) is 6.92 Å². The highest BCUT2D eigenvalue weighted by Crippen LogP contribution is 2.34. The summed E-state index contributed by atoms with van der Waals surface area (Å²) in [5, 5.41) is 6.29. The van der Waals surface area contributed by atoms with E-state index in [1.807, 2.05) is 0 Å². The van der Waals surface area contributed by atoms with E-state index < -0.39 is 0 Å². The number of hydrogen-bond acceptors (Lipinski definition) is 6. The molecule has 1 aliphatic rings. The van der Waals surface area contributed by atoms with Crippen molar-refractivity contribution in [3.8, 4) is 6.01 Å². The molecule has 1 heterocycles. The van der Waals surface area contributed by atoms with Crippen LogP contribution >= 0.6 is 0 Å². The molecule has 0 amide bonds. The van der Waals surface area contributed by atoms with Gasteiger partial charge in [-0.05, 0) is 32.6 Å². The van der Waals surface area contributed by atoms with Gasteiger partial charge in [0.2, 0.25) is 11.9 Å². The van der Waals surface area contributed by atoms with Crippen molar-refractivity contribution in [3.63, 3.8) is 0 Å². The van der Waals surface area contributed by atoms with E-state index in [0.717, 1.165) is 19.3 Å². The van der Waals surface area contributed by atoms with Crippen LogP contribution in [0.3, 0.4) is 0 Å². The van der Waals surface area contributed by atoms with E-state index in [-0.39, 0.29) is 5.54 Å². The van der Waals surface area contributed by atoms with Gasteiger partial charge >= 0.3 is 6.01 Å². The molecule has 1 saturated carbocycles. The molecule has 0 unspecified atom stereocenters. The fraction of sp³-hybridized carbons (Fsp3) is 0.750. The fourth-order valence-corrected chi connectivity index (χ4v) is 1.88. The molecule has 0 radical (unpaired) electrons. The maximum atomic E-state index is 5.46. The maximum absolute atomic E-state index is 5.46. The first-order chi connectivity index (χ1) is 8.65. The number of nitrogens with one attached hydrogen (secondary N) is 2. The third-order valence-corrected chi connectivity index (χ3v) is 3.14. The van der Waals surface area contributed by atoms with Crippen molar-refractivity contribution < 1.29 is 4.74 Å². The molecule has 1 aliphatic carbocycles. The first kappa shape index (κ1) is 12.9. The highest BCUT2D eigenvalue weighted by molar-refractivity contribution is 5.38. The minimum Gasteiger partial charge on any atom is -0.463 e. The summed E-state index contributed by atoms with van der Waals surface area (Å²) in [5.41, 5.74) is 0.119. The molecule has 6 nitrogen and oxygen atoms in total. The Kier molecular flexibility index (Phi) is 3.84. The predicted octanol–water partition coefficient (Wildman–Crippen LogP) is 2.06. The van der Waals surface area contributed by atoms with Gasteiger partial charge in [0, 0.05) is 12.6 Å². The summed E-state index contributed by atoms with van der Waals surface area (Å²) in [6.07, 6.45) is 4.49. The molecule has 0 saturated heterocycles. The first-order valence-electron chi connectivity index (χ1n) is 6.50. The second-order valence-electron chi connectivity index (χ2n) is 4.90. The van der Waals surface area contributed by atoms with Crippen LogP contribution in [0.25, 0.3) is 0 Å². The number of nitrogens with zero attached hydrogens (tertiary/aromatic N) is 3. The van der Waals surface area contributed by atoms with Crippen LogP contribution in [0, 0.1) is 0 Å². The van der Waals surface area contributed by atoms with Gasteiger partial charge in [-0.3, -0.25) is 0 Å². The molecule has 0 aromatic carbocycles. The molecule has 6 heteroatoms. The lowest BCUT2D eigenvalue weighted by molar-refractivity contribution is 0.288. The predicted molar refractivity (Wildman–Crippen MR) is 71.0 cm³/mol. The van der Waals surface area contributed by atoms with Crippen LogP contribution in [0.2, 0.25) is 0 Å². The van der Waals surface area contributed by atoms with E-state index in [4.69, 9.17) is 4.74 Å². The molecular formula is C12H21N5O. The Morgan fingerprint density at radius 1 is 1.22 bits per heavy atom. The van der Waals surface area contributed by atoms with E-state index in [1.165, 1.54) is 6.42 Å². The standard InChI is InChI=1S/C12H21N5O/c1-4-8-18-11-15-9(13-3)14-10(16-11)17-12(2)6-5-7-12/h4-8H2,1-3H3,(H2,13,14,15,16,17). The third kappa shape index (κ3) is 3.00.